The van der Waals surface area contributed by atoms with Gasteiger partial charge >= 0.3 is 0 Å². The molecule has 1 aliphatic rings. The topological polar surface area (TPSA) is 29.5 Å². The number of hydrogen-bond donors (Lipinski definition) is 0. The molecule has 1 heterocycles. The predicted molar refractivity (Wildman–Crippen MR) is 62.8 cm³/mol. The first kappa shape index (κ1) is 11.2. The quantitative estimate of drug-likeness (QED) is 0.740. The van der Waals surface area contributed by atoms with Crippen molar-refractivity contribution in [3.63, 3.8) is 0 Å². The lowest BCUT2D eigenvalue weighted by Gasteiger charge is -2.10. The molecule has 1 aromatic rings. The number of carbonyl (C=O) groups excluding carboxylic acids is 1. The van der Waals surface area contributed by atoms with E-state index in [1.165, 1.54) is 11.1 Å². The molecule has 0 aromatic heterocycles. The maximum atomic E-state index is 11.6. The van der Waals surface area contributed by atoms with Crippen LogP contribution in [0, 0.1) is 0 Å². The highest BCUT2D eigenvalue weighted by Gasteiger charge is 2.16. The number of halogens is 1. The molecule has 16 heavy (non-hydrogen) atoms. The monoisotopic (exact) mass is 237 g/mol. The molecule has 2 rings (SSSR count). The van der Waals surface area contributed by atoms with E-state index in [1.807, 2.05) is 12.1 Å². The Morgan fingerprint density at radius 3 is 3.06 bits per heavy atom. The number of hydrogen-bond acceptors (Lipinski definition) is 2. The minimum absolute atomic E-state index is 0.127. The average molecular weight is 238 g/mol. The summed E-state index contributed by atoms with van der Waals surface area (Å²) in [5, 5.41) is 2.04. The van der Waals surface area contributed by atoms with Gasteiger partial charge in [-0.05, 0) is 30.2 Å². The number of amides is 1. The molecule has 0 aliphatic carbocycles. The van der Waals surface area contributed by atoms with Crippen LogP contribution in [-0.4, -0.2) is 24.1 Å². The summed E-state index contributed by atoms with van der Waals surface area (Å²) in [7, 11) is 0. The first-order valence-electron chi connectivity index (χ1n) is 5.14. The zero-order chi connectivity index (χ0) is 11.4. The molecule has 0 unspecified atom stereocenters. The van der Waals surface area contributed by atoms with Gasteiger partial charge in [-0.25, -0.2) is 5.06 Å². The van der Waals surface area contributed by atoms with Gasteiger partial charge in [-0.15, -0.1) is 0 Å². The second-order valence-corrected chi connectivity index (χ2v) is 3.95. The third kappa shape index (κ3) is 2.84. The number of benzene rings is 1. The number of rotatable bonds is 2. The molecule has 0 radical (unpaired) electrons. The summed E-state index contributed by atoms with van der Waals surface area (Å²) in [5.41, 5.74) is 0.903. The molecule has 0 saturated carbocycles. The zero-order valence-electron chi connectivity index (χ0n) is 8.73. The fraction of sp³-hybridized carbons (Fsp3) is 0.250. The summed E-state index contributed by atoms with van der Waals surface area (Å²) < 4.78 is 0. The Hall–Kier alpha value is -1.32. The molecule has 4 heteroatoms. The summed E-state index contributed by atoms with van der Waals surface area (Å²) in [6.07, 6.45) is 4.13. The van der Waals surface area contributed by atoms with Gasteiger partial charge in [0.15, 0.2) is 0 Å². The number of carbonyl (C=O) groups is 1. The van der Waals surface area contributed by atoms with Crippen LogP contribution in [0.4, 0.5) is 0 Å². The van der Waals surface area contributed by atoms with E-state index in [2.05, 4.69) is 0 Å². The Morgan fingerprint density at radius 2 is 2.38 bits per heavy atom. The van der Waals surface area contributed by atoms with Crippen molar-refractivity contribution in [1.29, 1.82) is 0 Å². The number of hydroxylamine groups is 2. The van der Waals surface area contributed by atoms with E-state index in [1.54, 1.807) is 18.2 Å². The lowest BCUT2D eigenvalue weighted by Crippen LogP contribution is -2.24. The third-order valence-corrected chi connectivity index (χ3v) is 2.50. The van der Waals surface area contributed by atoms with Gasteiger partial charge < -0.3 is 0 Å². The second kappa shape index (κ2) is 5.14. The van der Waals surface area contributed by atoms with E-state index in [9.17, 15) is 4.79 Å². The Morgan fingerprint density at radius 1 is 1.50 bits per heavy atom. The van der Waals surface area contributed by atoms with Crippen molar-refractivity contribution in [3.8, 4) is 0 Å². The molecule has 3 nitrogen and oxygen atoms in total. The molecule has 0 atom stereocenters. The average Bonchev–Trinajstić information content (AvgIpc) is 2.79. The van der Waals surface area contributed by atoms with Crippen molar-refractivity contribution < 1.29 is 9.63 Å². The van der Waals surface area contributed by atoms with Crippen molar-refractivity contribution in [2.24, 2.45) is 0 Å². The van der Waals surface area contributed by atoms with Gasteiger partial charge in [0.2, 0.25) is 0 Å². The zero-order valence-corrected chi connectivity index (χ0v) is 9.48. The van der Waals surface area contributed by atoms with E-state index in [0.717, 1.165) is 12.0 Å². The lowest BCUT2D eigenvalue weighted by atomic mass is 10.2. The van der Waals surface area contributed by atoms with E-state index >= 15 is 0 Å². The highest BCUT2D eigenvalue weighted by Crippen LogP contribution is 2.12. The van der Waals surface area contributed by atoms with Crippen LogP contribution >= 0.6 is 11.6 Å². The maximum absolute atomic E-state index is 11.6. The van der Waals surface area contributed by atoms with Crippen molar-refractivity contribution >= 4 is 23.6 Å². The SMILES string of the molecule is O=C(/C=C/c1cccc(Cl)c1)N1CCCO1. The van der Waals surface area contributed by atoms with Crippen LogP contribution in [-0.2, 0) is 9.63 Å². The Balaban J connectivity index is 2.00. The predicted octanol–water partition coefficient (Wildman–Crippen LogP) is 2.52. The summed E-state index contributed by atoms with van der Waals surface area (Å²) in [6.45, 7) is 1.29. The van der Waals surface area contributed by atoms with Crippen LogP contribution in [0.2, 0.25) is 5.02 Å². The van der Waals surface area contributed by atoms with Crippen molar-refractivity contribution in [1.82, 2.24) is 5.06 Å². The Labute approximate surface area is 99.2 Å². The van der Waals surface area contributed by atoms with Crippen LogP contribution in [0.15, 0.2) is 30.3 Å². The molecule has 1 amide bonds. The van der Waals surface area contributed by atoms with Crippen LogP contribution in [0.1, 0.15) is 12.0 Å². The van der Waals surface area contributed by atoms with Gasteiger partial charge in [-0.1, -0.05) is 23.7 Å². The van der Waals surface area contributed by atoms with Crippen LogP contribution in [0.25, 0.3) is 6.08 Å². The van der Waals surface area contributed by atoms with Crippen molar-refractivity contribution in [3.05, 3.63) is 40.9 Å². The van der Waals surface area contributed by atoms with E-state index in [0.29, 0.717) is 18.2 Å². The molecule has 0 N–H and O–H groups in total. The third-order valence-electron chi connectivity index (χ3n) is 2.27. The molecular formula is C12H12ClNO2. The standard InChI is InChI=1S/C12H12ClNO2/c13-11-4-1-3-10(9-11)5-6-12(15)14-7-2-8-16-14/h1,3-6,9H,2,7-8H2/b6-5+. The van der Waals surface area contributed by atoms with Gasteiger partial charge in [0.25, 0.3) is 5.91 Å². The summed E-state index contributed by atoms with van der Waals surface area (Å²) in [5.74, 6) is -0.127. The summed E-state index contributed by atoms with van der Waals surface area (Å²) in [6, 6.07) is 7.33. The lowest BCUT2D eigenvalue weighted by molar-refractivity contribution is -0.162. The van der Waals surface area contributed by atoms with Crippen LogP contribution < -0.4 is 0 Å². The van der Waals surface area contributed by atoms with Gasteiger partial charge in [-0.3, -0.25) is 9.63 Å². The number of nitrogens with zero attached hydrogens (tertiary/aromatic N) is 1. The molecule has 1 fully saturated rings. The largest absolute Gasteiger partial charge is 0.271 e. The molecule has 1 aliphatic heterocycles. The summed E-state index contributed by atoms with van der Waals surface area (Å²) in [4.78, 5) is 16.7. The van der Waals surface area contributed by atoms with E-state index in [4.69, 9.17) is 16.4 Å². The highest BCUT2D eigenvalue weighted by molar-refractivity contribution is 6.30. The first-order chi connectivity index (χ1) is 7.75. The van der Waals surface area contributed by atoms with E-state index < -0.39 is 0 Å². The van der Waals surface area contributed by atoms with E-state index in [-0.39, 0.29) is 5.91 Å². The fourth-order valence-electron chi connectivity index (χ4n) is 1.48. The molecule has 1 aromatic carbocycles. The Kier molecular flexibility index (Phi) is 3.59. The van der Waals surface area contributed by atoms with Crippen molar-refractivity contribution in [2.45, 2.75) is 6.42 Å². The molecule has 0 spiro atoms. The van der Waals surface area contributed by atoms with Gasteiger partial charge in [0.05, 0.1) is 13.2 Å². The molecular weight excluding hydrogens is 226 g/mol. The first-order valence-corrected chi connectivity index (χ1v) is 5.51. The maximum Gasteiger partial charge on any atom is 0.270 e. The van der Waals surface area contributed by atoms with Crippen LogP contribution in [0.5, 0.6) is 0 Å². The molecule has 0 bridgehead atoms. The normalized spacial score (nSPS) is 15.9. The molecule has 84 valence electrons. The Bertz CT molecular complexity index is 411. The fourth-order valence-corrected chi connectivity index (χ4v) is 1.68. The summed E-state index contributed by atoms with van der Waals surface area (Å²) >= 11 is 5.83. The second-order valence-electron chi connectivity index (χ2n) is 3.52. The van der Waals surface area contributed by atoms with Crippen molar-refractivity contribution in [2.75, 3.05) is 13.2 Å². The van der Waals surface area contributed by atoms with Gasteiger partial charge in [0.1, 0.15) is 0 Å². The highest BCUT2D eigenvalue weighted by atomic mass is 35.5. The minimum Gasteiger partial charge on any atom is -0.271 e. The minimum atomic E-state index is -0.127. The smallest absolute Gasteiger partial charge is 0.270 e. The van der Waals surface area contributed by atoms with Gasteiger partial charge in [0, 0.05) is 11.1 Å². The van der Waals surface area contributed by atoms with Crippen LogP contribution in [0.3, 0.4) is 0 Å². The van der Waals surface area contributed by atoms with Gasteiger partial charge in [-0.2, -0.15) is 0 Å². The molecule has 1 saturated heterocycles.